The second kappa shape index (κ2) is 8.25. The molecule has 30 heavy (non-hydrogen) atoms. The number of hydrogen-bond acceptors (Lipinski definition) is 6. The van der Waals surface area contributed by atoms with E-state index in [-0.39, 0.29) is 40.3 Å². The van der Waals surface area contributed by atoms with E-state index in [1.807, 2.05) is 0 Å². The fourth-order valence-corrected chi connectivity index (χ4v) is 2.51. The first-order valence-electron chi connectivity index (χ1n) is 8.77. The largest absolute Gasteiger partial charge is 0.396 e. The normalized spacial score (nSPS) is 13.2. The summed E-state index contributed by atoms with van der Waals surface area (Å²) in [7, 11) is 0. The Kier molecular flexibility index (Phi) is 5.74. The van der Waals surface area contributed by atoms with E-state index in [0.717, 1.165) is 6.20 Å². The number of aromatic nitrogens is 4. The summed E-state index contributed by atoms with van der Waals surface area (Å²) in [5.74, 6) is -1.42. The molecule has 2 aromatic heterocycles. The standard InChI is InChI=1S/C19H20F2N8O/c1-19(2,30)16-26-18(29-28-16)27-17(23)25-15(11-5-3-4-6-12(11)20)14(22)10-7-8-24-9-13(10)21/h3-9,30H,22H2,1-2H3,(H4,23,25,26,27,28,29)/b15-14-. The molecule has 0 unspecified atom stereocenters. The summed E-state index contributed by atoms with van der Waals surface area (Å²) in [5.41, 5.74) is 10.8. The number of nitrogens with one attached hydrogen (secondary N) is 2. The summed E-state index contributed by atoms with van der Waals surface area (Å²) in [6.45, 7) is 3.04. The summed E-state index contributed by atoms with van der Waals surface area (Å²) < 4.78 is 28.7. The molecule has 0 aliphatic carbocycles. The predicted molar refractivity (Wildman–Crippen MR) is 108 cm³/mol. The van der Waals surface area contributed by atoms with Crippen molar-refractivity contribution < 1.29 is 13.9 Å². The molecule has 11 heteroatoms. The zero-order valence-electron chi connectivity index (χ0n) is 16.2. The van der Waals surface area contributed by atoms with Gasteiger partial charge in [-0.3, -0.25) is 10.1 Å². The zero-order valence-corrected chi connectivity index (χ0v) is 16.2. The van der Waals surface area contributed by atoms with Crippen LogP contribution in [0.2, 0.25) is 0 Å². The summed E-state index contributed by atoms with van der Waals surface area (Å²) >= 11 is 0. The lowest BCUT2D eigenvalue weighted by Crippen LogP contribution is -2.32. The van der Waals surface area contributed by atoms with Crippen molar-refractivity contribution in [3.8, 4) is 0 Å². The third-order valence-corrected chi connectivity index (χ3v) is 4.00. The van der Waals surface area contributed by atoms with Gasteiger partial charge in [0.2, 0.25) is 5.96 Å². The number of aliphatic hydroxyl groups is 1. The van der Waals surface area contributed by atoms with E-state index in [0.29, 0.717) is 0 Å². The van der Waals surface area contributed by atoms with Gasteiger partial charge in [-0.05, 0) is 32.0 Å². The lowest BCUT2D eigenvalue weighted by Gasteiger charge is -2.15. The average Bonchev–Trinajstić information content (AvgIpc) is 3.15. The molecule has 0 aliphatic heterocycles. The molecular formula is C19H20F2N8O. The van der Waals surface area contributed by atoms with E-state index in [9.17, 15) is 13.9 Å². The molecule has 2 heterocycles. The van der Waals surface area contributed by atoms with Crippen molar-refractivity contribution >= 4 is 23.3 Å². The highest BCUT2D eigenvalue weighted by molar-refractivity contribution is 5.97. The van der Waals surface area contributed by atoms with Crippen LogP contribution in [0.3, 0.4) is 0 Å². The first-order valence-corrected chi connectivity index (χ1v) is 8.77. The van der Waals surface area contributed by atoms with Gasteiger partial charge in [0.1, 0.15) is 11.4 Å². The number of aliphatic imine (C=N–C) groups is 1. The van der Waals surface area contributed by atoms with Crippen molar-refractivity contribution in [2.24, 2.45) is 16.5 Å². The molecule has 0 fully saturated rings. The average molecular weight is 414 g/mol. The molecule has 0 bridgehead atoms. The number of rotatable bonds is 5. The number of H-pyrrole nitrogens is 1. The Morgan fingerprint density at radius 3 is 2.50 bits per heavy atom. The molecule has 0 saturated heterocycles. The van der Waals surface area contributed by atoms with Crippen molar-refractivity contribution in [2.45, 2.75) is 19.4 Å². The molecule has 1 aromatic carbocycles. The van der Waals surface area contributed by atoms with Crippen LogP contribution in [-0.4, -0.2) is 31.2 Å². The van der Waals surface area contributed by atoms with Gasteiger partial charge in [-0.15, -0.1) is 5.10 Å². The molecular weight excluding hydrogens is 394 g/mol. The molecule has 9 nitrogen and oxygen atoms in total. The first-order chi connectivity index (χ1) is 14.2. The highest BCUT2D eigenvalue weighted by atomic mass is 19.1. The second-order valence-corrected chi connectivity index (χ2v) is 6.79. The van der Waals surface area contributed by atoms with Crippen LogP contribution in [-0.2, 0) is 5.60 Å². The molecule has 156 valence electrons. The maximum atomic E-state index is 14.5. The third kappa shape index (κ3) is 4.58. The zero-order chi connectivity index (χ0) is 21.9. The Labute approximate surface area is 170 Å². The van der Waals surface area contributed by atoms with Gasteiger partial charge in [0.05, 0.1) is 17.6 Å². The van der Waals surface area contributed by atoms with Crippen LogP contribution in [0.1, 0.15) is 30.8 Å². The van der Waals surface area contributed by atoms with E-state index in [1.54, 1.807) is 6.07 Å². The Morgan fingerprint density at radius 2 is 1.87 bits per heavy atom. The molecule has 3 aromatic rings. The number of nitrogens with zero attached hydrogens (tertiary/aromatic N) is 4. The fraction of sp³-hybridized carbons (Fsp3) is 0.158. The van der Waals surface area contributed by atoms with Crippen molar-refractivity contribution in [1.82, 2.24) is 25.5 Å². The van der Waals surface area contributed by atoms with E-state index in [4.69, 9.17) is 11.5 Å². The Hall–Kier alpha value is -3.86. The van der Waals surface area contributed by atoms with E-state index in [2.05, 4.69) is 30.5 Å². The predicted octanol–water partition coefficient (Wildman–Crippen LogP) is 1.73. The van der Waals surface area contributed by atoms with E-state index < -0.39 is 17.2 Å². The minimum atomic E-state index is -1.26. The first kappa shape index (κ1) is 20.9. The maximum Gasteiger partial charge on any atom is 0.271 e. The van der Waals surface area contributed by atoms with Crippen LogP contribution in [0.4, 0.5) is 14.7 Å². The summed E-state index contributed by atoms with van der Waals surface area (Å²) in [6, 6.07) is 7.13. The van der Waals surface area contributed by atoms with Gasteiger partial charge in [-0.25, -0.2) is 8.78 Å². The van der Waals surface area contributed by atoms with Gasteiger partial charge in [-0.1, -0.05) is 12.1 Å². The number of guanidine groups is 1. The Bertz CT molecular complexity index is 1120. The summed E-state index contributed by atoms with van der Waals surface area (Å²) in [5, 5.41) is 19.0. The lowest BCUT2D eigenvalue weighted by molar-refractivity contribution is 0.0692. The van der Waals surface area contributed by atoms with Crippen molar-refractivity contribution in [2.75, 3.05) is 0 Å². The van der Waals surface area contributed by atoms with Crippen LogP contribution >= 0.6 is 0 Å². The molecule has 0 aliphatic rings. The van der Waals surface area contributed by atoms with Gasteiger partial charge < -0.3 is 21.9 Å². The summed E-state index contributed by atoms with van der Waals surface area (Å²) in [4.78, 5) is 11.7. The lowest BCUT2D eigenvalue weighted by atomic mass is 10.1. The molecule has 7 N–H and O–H groups in total. The van der Waals surface area contributed by atoms with Gasteiger partial charge in [0.25, 0.3) is 5.95 Å². The number of pyridine rings is 1. The van der Waals surface area contributed by atoms with Gasteiger partial charge in [0.15, 0.2) is 11.6 Å². The van der Waals surface area contributed by atoms with Crippen LogP contribution < -0.4 is 16.8 Å². The van der Waals surface area contributed by atoms with Crippen molar-refractivity contribution in [3.05, 3.63) is 71.3 Å². The number of nitrogens with two attached hydrogens (primary N) is 2. The van der Waals surface area contributed by atoms with E-state index >= 15 is 0 Å². The van der Waals surface area contributed by atoms with E-state index in [1.165, 1.54) is 44.3 Å². The molecule has 0 radical (unpaired) electrons. The van der Waals surface area contributed by atoms with Crippen LogP contribution in [0, 0.1) is 11.6 Å². The van der Waals surface area contributed by atoms with Gasteiger partial charge >= 0.3 is 0 Å². The maximum absolute atomic E-state index is 14.5. The van der Waals surface area contributed by atoms with Crippen LogP contribution in [0.15, 0.2) is 47.7 Å². The highest BCUT2D eigenvalue weighted by Crippen LogP contribution is 2.24. The SMILES string of the molecule is CC(C)(O)c1nc(/N=C(\N)N/C(=C(\N)c2ccncc2F)c2ccccc2F)n[nH]1. The summed E-state index contributed by atoms with van der Waals surface area (Å²) in [6.07, 6.45) is 2.35. The molecule has 0 atom stereocenters. The van der Waals surface area contributed by atoms with Crippen LogP contribution in [0.5, 0.6) is 0 Å². The van der Waals surface area contributed by atoms with Gasteiger partial charge in [0, 0.05) is 17.3 Å². The minimum Gasteiger partial charge on any atom is -0.396 e. The highest BCUT2D eigenvalue weighted by Gasteiger charge is 2.21. The molecule has 0 amide bonds. The van der Waals surface area contributed by atoms with Gasteiger partial charge in [-0.2, -0.15) is 9.98 Å². The van der Waals surface area contributed by atoms with Crippen LogP contribution in [0.25, 0.3) is 11.4 Å². The smallest absolute Gasteiger partial charge is 0.271 e. The Morgan fingerprint density at radius 1 is 1.13 bits per heavy atom. The third-order valence-electron chi connectivity index (χ3n) is 4.00. The number of halogens is 2. The Balaban J connectivity index is 2.04. The quantitative estimate of drug-likeness (QED) is 0.315. The molecule has 0 saturated carbocycles. The molecule has 3 rings (SSSR count). The number of hydrogen-bond donors (Lipinski definition) is 5. The number of benzene rings is 1. The molecule has 0 spiro atoms. The van der Waals surface area contributed by atoms with Crippen molar-refractivity contribution in [1.29, 1.82) is 0 Å². The topological polar surface area (TPSA) is 151 Å². The fourth-order valence-electron chi connectivity index (χ4n) is 2.51. The second-order valence-electron chi connectivity index (χ2n) is 6.79. The minimum absolute atomic E-state index is 0.00213. The number of aromatic amines is 1. The van der Waals surface area contributed by atoms with Crippen molar-refractivity contribution in [3.63, 3.8) is 0 Å². The monoisotopic (exact) mass is 414 g/mol.